The molecule has 0 radical (unpaired) electrons. The van der Waals surface area contributed by atoms with Gasteiger partial charge in [0.1, 0.15) is 23.3 Å². The summed E-state index contributed by atoms with van der Waals surface area (Å²) < 4.78 is 11.1. The summed E-state index contributed by atoms with van der Waals surface area (Å²) in [6.45, 7) is 1.98. The lowest BCUT2D eigenvalue weighted by molar-refractivity contribution is 0.250. The van der Waals surface area contributed by atoms with E-state index in [0.717, 1.165) is 16.9 Å². The van der Waals surface area contributed by atoms with E-state index in [1.807, 2.05) is 37.3 Å². The van der Waals surface area contributed by atoms with E-state index in [0.29, 0.717) is 16.5 Å². The number of alkyl halides is 1. The monoisotopic (exact) mass is 432 g/mol. The molecule has 1 aliphatic heterocycles. The molecule has 3 aromatic rings. The van der Waals surface area contributed by atoms with Gasteiger partial charge in [0.15, 0.2) is 9.04 Å². The summed E-state index contributed by atoms with van der Waals surface area (Å²) in [4.78, 5) is 12.7. The van der Waals surface area contributed by atoms with Gasteiger partial charge in [-0.2, -0.15) is 0 Å². The van der Waals surface area contributed by atoms with Crippen molar-refractivity contribution in [2.24, 2.45) is 0 Å². The van der Waals surface area contributed by atoms with Crippen LogP contribution >= 0.6 is 22.6 Å². The fourth-order valence-corrected chi connectivity index (χ4v) is 3.16. The van der Waals surface area contributed by atoms with Gasteiger partial charge in [-0.15, -0.1) is 0 Å². The molecule has 4 rings (SSSR count). The van der Waals surface area contributed by atoms with Gasteiger partial charge in [0, 0.05) is 11.6 Å². The average molecular weight is 432 g/mol. The number of fused-ring (bicyclic) bond motifs is 2. The van der Waals surface area contributed by atoms with Crippen molar-refractivity contribution in [3.8, 4) is 22.6 Å². The van der Waals surface area contributed by atoms with Crippen LogP contribution in [-0.4, -0.2) is 8.71 Å². The highest BCUT2D eigenvalue weighted by Crippen LogP contribution is 2.36. The Morgan fingerprint density at radius 2 is 2.00 bits per heavy atom. The van der Waals surface area contributed by atoms with Gasteiger partial charge in [0.05, 0.1) is 10.9 Å². The Bertz CT molecular complexity index is 1050. The van der Waals surface area contributed by atoms with Crippen molar-refractivity contribution in [3.63, 3.8) is 0 Å². The standard InChI is InChI=1S/C19H13IO4/c1-19(20)7-6-12-8-11(2-5-16(12)24-19)15-10-23-17-9-13(21)3-4-14(17)18(15)22/h2-10,21H,1H3. The van der Waals surface area contributed by atoms with E-state index in [4.69, 9.17) is 9.15 Å². The van der Waals surface area contributed by atoms with Gasteiger partial charge in [-0.1, -0.05) is 12.1 Å². The molecule has 1 aromatic heterocycles. The molecule has 0 spiro atoms. The first-order valence-electron chi connectivity index (χ1n) is 7.39. The summed E-state index contributed by atoms with van der Waals surface area (Å²) in [6.07, 6.45) is 5.41. The average Bonchev–Trinajstić information content (AvgIpc) is 2.54. The van der Waals surface area contributed by atoms with Gasteiger partial charge < -0.3 is 14.3 Å². The SMILES string of the molecule is CC1(I)C=Cc2cc(-c3coc4cc(O)ccc4c3=O)ccc2O1. The Hall–Kier alpha value is -2.28. The third kappa shape index (κ3) is 2.58. The highest BCUT2D eigenvalue weighted by atomic mass is 127. The smallest absolute Gasteiger partial charge is 0.200 e. The van der Waals surface area contributed by atoms with Crippen LogP contribution in [0.4, 0.5) is 0 Å². The van der Waals surface area contributed by atoms with Gasteiger partial charge in [0.25, 0.3) is 0 Å². The zero-order valence-electron chi connectivity index (χ0n) is 12.7. The molecule has 0 bridgehead atoms. The van der Waals surface area contributed by atoms with Crippen molar-refractivity contribution < 1.29 is 14.3 Å². The molecule has 0 fully saturated rings. The Morgan fingerprint density at radius 3 is 2.83 bits per heavy atom. The predicted molar refractivity (Wildman–Crippen MR) is 102 cm³/mol. The van der Waals surface area contributed by atoms with E-state index in [1.54, 1.807) is 6.07 Å². The van der Waals surface area contributed by atoms with E-state index in [1.165, 1.54) is 18.4 Å². The van der Waals surface area contributed by atoms with E-state index >= 15 is 0 Å². The molecule has 1 aliphatic rings. The molecule has 120 valence electrons. The summed E-state index contributed by atoms with van der Waals surface area (Å²) in [5.74, 6) is 0.851. The Morgan fingerprint density at radius 1 is 1.17 bits per heavy atom. The number of hydrogen-bond donors (Lipinski definition) is 1. The maximum absolute atomic E-state index is 12.7. The Kier molecular flexibility index (Phi) is 3.42. The molecule has 0 aliphatic carbocycles. The van der Waals surface area contributed by atoms with Crippen molar-refractivity contribution in [3.05, 3.63) is 64.5 Å². The van der Waals surface area contributed by atoms with Crippen molar-refractivity contribution >= 4 is 39.6 Å². The number of hydrogen-bond acceptors (Lipinski definition) is 4. The first-order valence-corrected chi connectivity index (χ1v) is 8.47. The minimum atomic E-state index is -0.365. The second kappa shape index (κ2) is 5.37. The van der Waals surface area contributed by atoms with Gasteiger partial charge in [-0.25, -0.2) is 0 Å². The Balaban J connectivity index is 1.86. The van der Waals surface area contributed by atoms with Crippen LogP contribution < -0.4 is 10.2 Å². The zero-order valence-corrected chi connectivity index (χ0v) is 14.9. The number of benzene rings is 2. The summed E-state index contributed by atoms with van der Waals surface area (Å²) in [6, 6.07) is 10.1. The molecule has 5 heteroatoms. The molecule has 1 unspecified atom stereocenters. The lowest BCUT2D eigenvalue weighted by Crippen LogP contribution is -2.23. The minimum absolute atomic E-state index is 0.0660. The number of aromatic hydroxyl groups is 1. The molecule has 4 nitrogen and oxygen atoms in total. The second-order valence-electron chi connectivity index (χ2n) is 5.83. The molecule has 0 saturated carbocycles. The van der Waals surface area contributed by atoms with Crippen LogP contribution in [0.15, 0.2) is 57.9 Å². The second-order valence-corrected chi connectivity index (χ2v) is 7.97. The third-order valence-corrected chi connectivity index (χ3v) is 4.53. The predicted octanol–water partition coefficient (Wildman–Crippen LogP) is 4.72. The van der Waals surface area contributed by atoms with Crippen molar-refractivity contribution in [1.29, 1.82) is 0 Å². The van der Waals surface area contributed by atoms with Crippen LogP contribution in [0.5, 0.6) is 11.5 Å². The summed E-state index contributed by atoms with van der Waals surface area (Å²) in [5, 5.41) is 9.94. The van der Waals surface area contributed by atoms with Crippen LogP contribution in [0.1, 0.15) is 12.5 Å². The molecule has 0 amide bonds. The van der Waals surface area contributed by atoms with Crippen molar-refractivity contribution in [2.75, 3.05) is 0 Å². The number of halogens is 1. The summed E-state index contributed by atoms with van der Waals surface area (Å²) in [7, 11) is 0. The lowest BCUT2D eigenvalue weighted by atomic mass is 10.0. The van der Waals surface area contributed by atoms with Crippen LogP contribution in [0.3, 0.4) is 0 Å². The van der Waals surface area contributed by atoms with Gasteiger partial charge in [0.2, 0.25) is 0 Å². The molecule has 2 aromatic carbocycles. The molecule has 2 heterocycles. The molecular weight excluding hydrogens is 419 g/mol. The molecule has 1 atom stereocenters. The fourth-order valence-electron chi connectivity index (χ4n) is 2.74. The number of phenolic OH excluding ortho intramolecular Hbond substituents is 1. The molecular formula is C19H13IO4. The highest BCUT2D eigenvalue weighted by molar-refractivity contribution is 14.1. The quantitative estimate of drug-likeness (QED) is 0.447. The lowest BCUT2D eigenvalue weighted by Gasteiger charge is -2.26. The van der Waals surface area contributed by atoms with E-state index in [-0.39, 0.29) is 14.8 Å². The molecule has 0 saturated heterocycles. The molecule has 24 heavy (non-hydrogen) atoms. The number of phenols is 1. The fraction of sp³-hybridized carbons (Fsp3) is 0.105. The zero-order chi connectivity index (χ0) is 16.9. The van der Waals surface area contributed by atoms with Crippen molar-refractivity contribution in [1.82, 2.24) is 0 Å². The van der Waals surface area contributed by atoms with Crippen molar-refractivity contribution in [2.45, 2.75) is 10.5 Å². The van der Waals surface area contributed by atoms with Gasteiger partial charge >= 0.3 is 0 Å². The maximum atomic E-state index is 12.7. The number of ether oxygens (including phenoxy) is 1. The largest absolute Gasteiger partial charge is 0.508 e. The van der Waals surface area contributed by atoms with E-state index in [2.05, 4.69) is 22.6 Å². The molecule has 1 N–H and O–H groups in total. The first-order chi connectivity index (χ1) is 11.4. The summed E-state index contributed by atoms with van der Waals surface area (Å²) >= 11 is 2.23. The topological polar surface area (TPSA) is 59.7 Å². The van der Waals surface area contributed by atoms with Gasteiger partial charge in [-0.05, 0) is 65.4 Å². The van der Waals surface area contributed by atoms with Crippen LogP contribution in [0, 0.1) is 0 Å². The van der Waals surface area contributed by atoms with Crippen LogP contribution in [0.2, 0.25) is 0 Å². The van der Waals surface area contributed by atoms with E-state index < -0.39 is 0 Å². The van der Waals surface area contributed by atoms with Crippen LogP contribution in [0.25, 0.3) is 28.2 Å². The third-order valence-electron chi connectivity index (χ3n) is 3.95. The first kappa shape index (κ1) is 15.3. The van der Waals surface area contributed by atoms with Gasteiger partial charge in [-0.3, -0.25) is 4.79 Å². The summed E-state index contributed by atoms with van der Waals surface area (Å²) in [5.41, 5.74) is 2.41. The maximum Gasteiger partial charge on any atom is 0.200 e. The minimum Gasteiger partial charge on any atom is -0.508 e. The normalized spacial score (nSPS) is 19.1. The van der Waals surface area contributed by atoms with Crippen LogP contribution in [-0.2, 0) is 0 Å². The highest BCUT2D eigenvalue weighted by Gasteiger charge is 2.23. The number of rotatable bonds is 1. The van der Waals surface area contributed by atoms with E-state index in [9.17, 15) is 9.90 Å². The Labute approximate surface area is 151 Å².